The SMILES string of the molecule is COCC(C)n1cc(C)nc1NCC1CCC1. The molecule has 0 aliphatic heterocycles. The van der Waals surface area contributed by atoms with Gasteiger partial charge in [-0.05, 0) is 32.6 Å². The highest BCUT2D eigenvalue weighted by molar-refractivity contribution is 5.29. The highest BCUT2D eigenvalue weighted by Crippen LogP contribution is 2.26. The summed E-state index contributed by atoms with van der Waals surface area (Å²) in [6.45, 7) is 5.95. The minimum absolute atomic E-state index is 0.324. The van der Waals surface area contributed by atoms with Crippen LogP contribution in [0.15, 0.2) is 6.20 Å². The highest BCUT2D eigenvalue weighted by Gasteiger charge is 2.18. The Kier molecular flexibility index (Phi) is 4.05. The largest absolute Gasteiger partial charge is 0.383 e. The molecule has 1 saturated carbocycles. The molecule has 4 nitrogen and oxygen atoms in total. The summed E-state index contributed by atoms with van der Waals surface area (Å²) < 4.78 is 7.38. The van der Waals surface area contributed by atoms with Gasteiger partial charge in [-0.2, -0.15) is 0 Å². The van der Waals surface area contributed by atoms with Gasteiger partial charge in [0.1, 0.15) is 0 Å². The van der Waals surface area contributed by atoms with Gasteiger partial charge in [0.25, 0.3) is 0 Å². The van der Waals surface area contributed by atoms with E-state index < -0.39 is 0 Å². The molecular formula is C13H23N3O. The van der Waals surface area contributed by atoms with E-state index in [1.54, 1.807) is 7.11 Å². The molecule has 0 spiro atoms. The van der Waals surface area contributed by atoms with E-state index in [2.05, 4.69) is 28.0 Å². The third-order valence-corrected chi connectivity index (χ3v) is 3.51. The van der Waals surface area contributed by atoms with E-state index in [4.69, 9.17) is 4.74 Å². The van der Waals surface area contributed by atoms with Crippen molar-refractivity contribution in [3.05, 3.63) is 11.9 Å². The lowest BCUT2D eigenvalue weighted by Crippen LogP contribution is -2.23. The van der Waals surface area contributed by atoms with E-state index in [-0.39, 0.29) is 0 Å². The zero-order valence-corrected chi connectivity index (χ0v) is 11.1. The summed E-state index contributed by atoms with van der Waals surface area (Å²) in [5.74, 6) is 1.83. The second-order valence-corrected chi connectivity index (χ2v) is 5.10. The first-order valence-electron chi connectivity index (χ1n) is 6.49. The lowest BCUT2D eigenvalue weighted by atomic mass is 9.85. The van der Waals surface area contributed by atoms with E-state index in [0.29, 0.717) is 12.6 Å². The molecular weight excluding hydrogens is 214 g/mol. The number of aryl methyl sites for hydroxylation is 1. The molecule has 1 atom stereocenters. The smallest absolute Gasteiger partial charge is 0.203 e. The molecule has 96 valence electrons. The number of anilines is 1. The molecule has 1 N–H and O–H groups in total. The predicted molar refractivity (Wildman–Crippen MR) is 69.4 cm³/mol. The first-order valence-corrected chi connectivity index (χ1v) is 6.49. The minimum Gasteiger partial charge on any atom is -0.383 e. The summed E-state index contributed by atoms with van der Waals surface area (Å²) >= 11 is 0. The molecule has 1 unspecified atom stereocenters. The van der Waals surface area contributed by atoms with E-state index in [9.17, 15) is 0 Å². The first-order chi connectivity index (χ1) is 8.20. The lowest BCUT2D eigenvalue weighted by molar-refractivity contribution is 0.163. The van der Waals surface area contributed by atoms with Crippen molar-refractivity contribution in [3.63, 3.8) is 0 Å². The van der Waals surface area contributed by atoms with Gasteiger partial charge in [-0.1, -0.05) is 6.42 Å². The van der Waals surface area contributed by atoms with Crippen molar-refractivity contribution in [1.29, 1.82) is 0 Å². The summed E-state index contributed by atoms with van der Waals surface area (Å²) in [5, 5.41) is 3.47. The molecule has 0 aromatic carbocycles. The van der Waals surface area contributed by atoms with Crippen molar-refractivity contribution in [3.8, 4) is 0 Å². The van der Waals surface area contributed by atoms with Gasteiger partial charge >= 0.3 is 0 Å². The lowest BCUT2D eigenvalue weighted by Gasteiger charge is -2.26. The van der Waals surface area contributed by atoms with Gasteiger partial charge in [0.05, 0.1) is 18.3 Å². The molecule has 0 amide bonds. The van der Waals surface area contributed by atoms with Crippen LogP contribution in [0.5, 0.6) is 0 Å². The average Bonchev–Trinajstić information content (AvgIpc) is 2.58. The first kappa shape index (κ1) is 12.4. The summed E-state index contributed by atoms with van der Waals surface area (Å²) in [4.78, 5) is 4.54. The molecule has 0 bridgehead atoms. The van der Waals surface area contributed by atoms with Crippen molar-refractivity contribution in [2.75, 3.05) is 25.6 Å². The summed E-state index contributed by atoms with van der Waals surface area (Å²) in [6.07, 6.45) is 6.20. The Balaban J connectivity index is 1.98. The molecule has 17 heavy (non-hydrogen) atoms. The number of aromatic nitrogens is 2. The third-order valence-electron chi connectivity index (χ3n) is 3.51. The molecule has 1 aliphatic rings. The second-order valence-electron chi connectivity index (χ2n) is 5.10. The maximum Gasteiger partial charge on any atom is 0.203 e. The van der Waals surface area contributed by atoms with Gasteiger partial charge in [-0.3, -0.25) is 0 Å². The molecule has 0 radical (unpaired) electrons. The van der Waals surface area contributed by atoms with Gasteiger partial charge in [0.15, 0.2) is 0 Å². The Labute approximate surface area is 103 Å². The van der Waals surface area contributed by atoms with Gasteiger partial charge in [-0.25, -0.2) is 4.98 Å². The Hall–Kier alpha value is -1.03. The number of imidazole rings is 1. The van der Waals surface area contributed by atoms with E-state index >= 15 is 0 Å². The van der Waals surface area contributed by atoms with Crippen molar-refractivity contribution in [1.82, 2.24) is 9.55 Å². The van der Waals surface area contributed by atoms with Gasteiger partial charge in [-0.15, -0.1) is 0 Å². The van der Waals surface area contributed by atoms with Crippen LogP contribution in [0.25, 0.3) is 0 Å². The van der Waals surface area contributed by atoms with Crippen LogP contribution in [0.4, 0.5) is 5.95 Å². The predicted octanol–water partition coefficient (Wildman–Crippen LogP) is 2.61. The van der Waals surface area contributed by atoms with Crippen LogP contribution >= 0.6 is 0 Å². The van der Waals surface area contributed by atoms with Gasteiger partial charge < -0.3 is 14.6 Å². The quantitative estimate of drug-likeness (QED) is 0.826. The van der Waals surface area contributed by atoms with Crippen molar-refractivity contribution < 1.29 is 4.74 Å². The monoisotopic (exact) mass is 237 g/mol. The summed E-state index contributed by atoms with van der Waals surface area (Å²) in [6, 6.07) is 0.324. The molecule has 1 aliphatic carbocycles. The molecule has 1 aromatic heterocycles. The van der Waals surface area contributed by atoms with Crippen LogP contribution in [-0.2, 0) is 4.74 Å². The van der Waals surface area contributed by atoms with E-state index in [1.165, 1.54) is 19.3 Å². The van der Waals surface area contributed by atoms with Crippen LogP contribution in [0.3, 0.4) is 0 Å². The van der Waals surface area contributed by atoms with Crippen LogP contribution < -0.4 is 5.32 Å². The maximum absolute atomic E-state index is 5.20. The number of hydrogen-bond donors (Lipinski definition) is 1. The fourth-order valence-corrected chi connectivity index (χ4v) is 2.24. The third kappa shape index (κ3) is 3.00. The standard InChI is InChI=1S/C13H23N3O/c1-10-8-16(11(2)9-17-3)13(15-10)14-7-12-5-4-6-12/h8,11-12H,4-7,9H2,1-3H3,(H,14,15). The van der Waals surface area contributed by atoms with E-state index in [1.807, 2.05) is 6.92 Å². The molecule has 4 heteroatoms. The van der Waals surface area contributed by atoms with Crippen LogP contribution in [0.1, 0.15) is 37.9 Å². The van der Waals surface area contributed by atoms with Gasteiger partial charge in [0.2, 0.25) is 5.95 Å². The Morgan fingerprint density at radius 1 is 1.59 bits per heavy atom. The Bertz CT molecular complexity index is 358. The maximum atomic E-state index is 5.20. The van der Waals surface area contributed by atoms with Crippen molar-refractivity contribution in [2.45, 2.75) is 39.2 Å². The Morgan fingerprint density at radius 2 is 2.35 bits per heavy atom. The van der Waals surface area contributed by atoms with Crippen LogP contribution in [-0.4, -0.2) is 29.8 Å². The number of methoxy groups -OCH3 is 1. The van der Waals surface area contributed by atoms with Crippen LogP contribution in [0, 0.1) is 12.8 Å². The van der Waals surface area contributed by atoms with Crippen molar-refractivity contribution in [2.24, 2.45) is 5.92 Å². The fraction of sp³-hybridized carbons (Fsp3) is 0.769. The number of ether oxygens (including phenoxy) is 1. The topological polar surface area (TPSA) is 39.1 Å². The molecule has 1 heterocycles. The highest BCUT2D eigenvalue weighted by atomic mass is 16.5. The Morgan fingerprint density at radius 3 is 2.94 bits per heavy atom. The minimum atomic E-state index is 0.324. The summed E-state index contributed by atoms with van der Waals surface area (Å²) in [5.41, 5.74) is 1.06. The van der Waals surface area contributed by atoms with Crippen LogP contribution in [0.2, 0.25) is 0 Å². The average molecular weight is 237 g/mol. The summed E-state index contributed by atoms with van der Waals surface area (Å²) in [7, 11) is 1.74. The van der Waals surface area contributed by atoms with E-state index in [0.717, 1.165) is 24.1 Å². The second kappa shape index (κ2) is 5.54. The van der Waals surface area contributed by atoms with Gasteiger partial charge in [0, 0.05) is 19.9 Å². The normalized spacial score (nSPS) is 17.8. The number of nitrogens with zero attached hydrogens (tertiary/aromatic N) is 2. The zero-order valence-electron chi connectivity index (χ0n) is 11.1. The molecule has 2 rings (SSSR count). The van der Waals surface area contributed by atoms with Crippen molar-refractivity contribution >= 4 is 5.95 Å². The fourth-order valence-electron chi connectivity index (χ4n) is 2.24. The molecule has 0 saturated heterocycles. The number of hydrogen-bond acceptors (Lipinski definition) is 3. The number of rotatable bonds is 6. The number of nitrogens with one attached hydrogen (secondary N) is 1. The molecule has 1 aromatic rings. The zero-order chi connectivity index (χ0) is 12.3. The molecule has 1 fully saturated rings.